The molecule has 0 aliphatic carbocycles. The van der Waals surface area contributed by atoms with Crippen molar-refractivity contribution in [3.8, 4) is 11.5 Å². The molecule has 0 saturated heterocycles. The summed E-state index contributed by atoms with van der Waals surface area (Å²) in [4.78, 5) is 11.8. The molecular formula is C19H23N3O3. The van der Waals surface area contributed by atoms with Crippen LogP contribution < -0.4 is 15.5 Å². The monoisotopic (exact) mass is 341 g/mol. The molecule has 0 bridgehead atoms. The molecule has 0 heterocycles. The summed E-state index contributed by atoms with van der Waals surface area (Å²) in [5.41, 5.74) is 6.44. The SMILES string of the molecule is CCOc1cc(/C=N/NC(=O)CNc2ccc(C)c(C)c2)ccc1O. The molecule has 0 aromatic heterocycles. The van der Waals surface area contributed by atoms with Gasteiger partial charge >= 0.3 is 0 Å². The lowest BCUT2D eigenvalue weighted by Crippen LogP contribution is -2.25. The van der Waals surface area contributed by atoms with Crippen LogP contribution in [0.4, 0.5) is 5.69 Å². The molecule has 2 aromatic rings. The Bertz CT molecular complexity index is 773. The van der Waals surface area contributed by atoms with Gasteiger partial charge in [0.05, 0.1) is 19.4 Å². The first kappa shape index (κ1) is 18.3. The molecule has 3 N–H and O–H groups in total. The number of hydrogen-bond acceptors (Lipinski definition) is 5. The van der Waals surface area contributed by atoms with Gasteiger partial charge in [0.2, 0.25) is 0 Å². The van der Waals surface area contributed by atoms with Crippen LogP contribution in [0.15, 0.2) is 41.5 Å². The van der Waals surface area contributed by atoms with Crippen LogP contribution in [0.2, 0.25) is 0 Å². The van der Waals surface area contributed by atoms with E-state index >= 15 is 0 Å². The second kappa shape index (κ2) is 8.73. The highest BCUT2D eigenvalue weighted by Gasteiger charge is 2.03. The molecule has 2 aromatic carbocycles. The van der Waals surface area contributed by atoms with E-state index in [-0.39, 0.29) is 18.2 Å². The van der Waals surface area contributed by atoms with Gasteiger partial charge in [0.25, 0.3) is 5.91 Å². The van der Waals surface area contributed by atoms with E-state index in [1.165, 1.54) is 23.4 Å². The van der Waals surface area contributed by atoms with Gasteiger partial charge in [0, 0.05) is 5.69 Å². The third-order valence-corrected chi connectivity index (χ3v) is 3.65. The lowest BCUT2D eigenvalue weighted by molar-refractivity contribution is -0.119. The zero-order chi connectivity index (χ0) is 18.2. The molecule has 0 unspecified atom stereocenters. The fourth-order valence-electron chi connectivity index (χ4n) is 2.13. The van der Waals surface area contributed by atoms with E-state index in [2.05, 4.69) is 15.8 Å². The molecule has 0 aliphatic heterocycles. The van der Waals surface area contributed by atoms with Crippen LogP contribution in [0.1, 0.15) is 23.6 Å². The Balaban J connectivity index is 1.85. The number of anilines is 1. The quantitative estimate of drug-likeness (QED) is 0.534. The predicted octanol–water partition coefficient (Wildman–Crippen LogP) is 2.97. The van der Waals surface area contributed by atoms with E-state index in [4.69, 9.17) is 4.74 Å². The number of carbonyl (C=O) groups excluding carboxylic acids is 1. The summed E-state index contributed by atoms with van der Waals surface area (Å²) in [5, 5.41) is 16.6. The molecule has 0 aliphatic rings. The fraction of sp³-hybridized carbons (Fsp3) is 0.263. The van der Waals surface area contributed by atoms with Crippen molar-refractivity contribution < 1.29 is 14.6 Å². The third-order valence-electron chi connectivity index (χ3n) is 3.65. The summed E-state index contributed by atoms with van der Waals surface area (Å²) in [5.74, 6) is 0.202. The number of hydrazone groups is 1. The van der Waals surface area contributed by atoms with Crippen molar-refractivity contribution >= 4 is 17.8 Å². The number of nitrogens with zero attached hydrogens (tertiary/aromatic N) is 1. The van der Waals surface area contributed by atoms with Gasteiger partial charge in [-0.15, -0.1) is 0 Å². The normalized spacial score (nSPS) is 10.7. The third kappa shape index (κ3) is 5.53. The second-order valence-corrected chi connectivity index (χ2v) is 5.61. The predicted molar refractivity (Wildman–Crippen MR) is 99.4 cm³/mol. The van der Waals surface area contributed by atoms with Gasteiger partial charge in [-0.25, -0.2) is 5.43 Å². The molecule has 0 atom stereocenters. The lowest BCUT2D eigenvalue weighted by atomic mass is 10.1. The summed E-state index contributed by atoms with van der Waals surface area (Å²) in [6, 6.07) is 10.8. The van der Waals surface area contributed by atoms with Crippen molar-refractivity contribution in [1.29, 1.82) is 0 Å². The zero-order valence-corrected chi connectivity index (χ0v) is 14.7. The van der Waals surface area contributed by atoms with E-state index in [0.29, 0.717) is 17.9 Å². The Morgan fingerprint density at radius 1 is 1.20 bits per heavy atom. The fourth-order valence-corrected chi connectivity index (χ4v) is 2.13. The van der Waals surface area contributed by atoms with Crippen LogP contribution in [0.3, 0.4) is 0 Å². The number of aryl methyl sites for hydroxylation is 2. The largest absolute Gasteiger partial charge is 0.504 e. The molecular weight excluding hydrogens is 318 g/mol. The van der Waals surface area contributed by atoms with E-state index < -0.39 is 0 Å². The van der Waals surface area contributed by atoms with Crippen LogP contribution in [0, 0.1) is 13.8 Å². The van der Waals surface area contributed by atoms with Gasteiger partial charge in [-0.2, -0.15) is 5.10 Å². The minimum absolute atomic E-state index is 0.0700. The number of phenolic OH excluding ortho intramolecular Hbond substituents is 1. The number of carbonyl (C=O) groups is 1. The minimum atomic E-state index is -0.252. The number of aromatic hydroxyl groups is 1. The van der Waals surface area contributed by atoms with Gasteiger partial charge < -0.3 is 15.2 Å². The Labute approximate surface area is 147 Å². The topological polar surface area (TPSA) is 83.0 Å². The number of ether oxygens (including phenoxy) is 1. The van der Waals surface area contributed by atoms with Crippen molar-refractivity contribution in [3.63, 3.8) is 0 Å². The number of rotatable bonds is 7. The van der Waals surface area contributed by atoms with Crippen LogP contribution in [0.5, 0.6) is 11.5 Å². The smallest absolute Gasteiger partial charge is 0.259 e. The highest BCUT2D eigenvalue weighted by molar-refractivity contribution is 5.84. The first-order valence-electron chi connectivity index (χ1n) is 8.08. The summed E-state index contributed by atoms with van der Waals surface area (Å²) in [6.45, 7) is 6.48. The molecule has 6 nitrogen and oxygen atoms in total. The van der Waals surface area contributed by atoms with E-state index in [1.807, 2.05) is 39.0 Å². The van der Waals surface area contributed by atoms with Crippen LogP contribution >= 0.6 is 0 Å². The van der Waals surface area contributed by atoms with Crippen LogP contribution in [-0.2, 0) is 4.79 Å². The summed E-state index contributed by atoms with van der Waals surface area (Å²) in [7, 11) is 0. The number of hydrogen-bond donors (Lipinski definition) is 3. The standard InChI is InChI=1S/C19H23N3O3/c1-4-25-18-10-15(6-8-17(18)23)11-21-22-19(24)12-20-16-7-5-13(2)14(3)9-16/h5-11,20,23H,4,12H2,1-3H3,(H,22,24)/b21-11+. The number of phenols is 1. The number of benzene rings is 2. The van der Waals surface area contributed by atoms with E-state index in [9.17, 15) is 9.90 Å². The molecule has 25 heavy (non-hydrogen) atoms. The average Bonchev–Trinajstić information content (AvgIpc) is 2.59. The minimum Gasteiger partial charge on any atom is -0.504 e. The van der Waals surface area contributed by atoms with Crippen molar-refractivity contribution in [3.05, 3.63) is 53.1 Å². The summed E-state index contributed by atoms with van der Waals surface area (Å²) in [6.07, 6.45) is 1.50. The molecule has 1 amide bonds. The van der Waals surface area contributed by atoms with Crippen molar-refractivity contribution in [1.82, 2.24) is 5.43 Å². The van der Waals surface area contributed by atoms with Crippen molar-refractivity contribution in [2.45, 2.75) is 20.8 Å². The molecule has 6 heteroatoms. The Morgan fingerprint density at radius 3 is 2.72 bits per heavy atom. The molecule has 132 valence electrons. The van der Waals surface area contributed by atoms with Crippen molar-refractivity contribution in [2.24, 2.45) is 5.10 Å². The Hall–Kier alpha value is -3.02. The van der Waals surface area contributed by atoms with Gasteiger partial charge in [-0.3, -0.25) is 4.79 Å². The maximum absolute atomic E-state index is 11.8. The molecule has 0 fully saturated rings. The zero-order valence-electron chi connectivity index (χ0n) is 14.7. The maximum Gasteiger partial charge on any atom is 0.259 e. The van der Waals surface area contributed by atoms with Crippen LogP contribution in [0.25, 0.3) is 0 Å². The van der Waals surface area contributed by atoms with Crippen molar-refractivity contribution in [2.75, 3.05) is 18.5 Å². The Kier molecular flexibility index (Phi) is 6.39. The average molecular weight is 341 g/mol. The second-order valence-electron chi connectivity index (χ2n) is 5.61. The maximum atomic E-state index is 11.8. The highest BCUT2D eigenvalue weighted by Crippen LogP contribution is 2.26. The molecule has 0 saturated carbocycles. The van der Waals surface area contributed by atoms with E-state index in [0.717, 1.165) is 5.69 Å². The number of amides is 1. The summed E-state index contributed by atoms with van der Waals surface area (Å²) < 4.78 is 5.30. The number of nitrogens with one attached hydrogen (secondary N) is 2. The Morgan fingerprint density at radius 2 is 2.00 bits per heavy atom. The molecule has 2 rings (SSSR count). The first-order chi connectivity index (χ1) is 12.0. The van der Waals surface area contributed by atoms with Gasteiger partial charge in [0.1, 0.15) is 0 Å². The van der Waals surface area contributed by atoms with Crippen LogP contribution in [-0.4, -0.2) is 30.4 Å². The van der Waals surface area contributed by atoms with Gasteiger partial charge in [0.15, 0.2) is 11.5 Å². The summed E-state index contributed by atoms with van der Waals surface area (Å²) >= 11 is 0. The lowest BCUT2D eigenvalue weighted by Gasteiger charge is -2.08. The highest BCUT2D eigenvalue weighted by atomic mass is 16.5. The van der Waals surface area contributed by atoms with Gasteiger partial charge in [-0.05, 0) is 67.8 Å². The van der Waals surface area contributed by atoms with Gasteiger partial charge in [-0.1, -0.05) is 6.07 Å². The first-order valence-corrected chi connectivity index (χ1v) is 8.08. The molecule has 0 spiro atoms. The molecule has 0 radical (unpaired) electrons. The van der Waals surface area contributed by atoms with E-state index in [1.54, 1.807) is 12.1 Å².